The molecule has 0 radical (unpaired) electrons. The third-order valence-electron chi connectivity index (χ3n) is 5.08. The first-order chi connectivity index (χ1) is 12.6. The number of hydrogen-bond donors (Lipinski definition) is 0. The second-order valence-corrected chi connectivity index (χ2v) is 14.2. The number of hydrogen-bond acceptors (Lipinski definition) is 3. The summed E-state index contributed by atoms with van der Waals surface area (Å²) in [6, 6.07) is 8.80. The van der Waals surface area contributed by atoms with Gasteiger partial charge in [0.15, 0.2) is 0 Å². The number of rotatable bonds is 12. The Morgan fingerprint density at radius 2 is 1.26 bits per heavy atom. The molecule has 0 fully saturated rings. The summed E-state index contributed by atoms with van der Waals surface area (Å²) in [5.41, 5.74) is -5.42. The van der Waals surface area contributed by atoms with Crippen molar-refractivity contribution >= 4 is 22.3 Å². The van der Waals surface area contributed by atoms with Crippen LogP contribution < -0.4 is 5.30 Å². The molecule has 0 aliphatic rings. The zero-order valence-corrected chi connectivity index (χ0v) is 18.2. The van der Waals surface area contributed by atoms with Gasteiger partial charge in [-0.05, 0) is 0 Å². The first-order valence-corrected chi connectivity index (χ1v) is 13.8. The molecule has 0 saturated heterocycles. The van der Waals surface area contributed by atoms with E-state index in [0.29, 0.717) is 43.1 Å². The van der Waals surface area contributed by atoms with Crippen molar-refractivity contribution in [2.24, 2.45) is 0 Å². The number of unbranched alkanes of at least 4 members (excludes halogenated alkanes) is 3. The topological polar surface area (TPSA) is 43.4 Å². The van der Waals surface area contributed by atoms with E-state index in [1.807, 2.05) is 20.8 Å². The summed E-state index contributed by atoms with van der Waals surface area (Å²) in [6.07, 6.45) is 5.27. The maximum absolute atomic E-state index is 13.3. The number of halogens is 3. The molecule has 0 unspecified atom stereocenters. The van der Waals surface area contributed by atoms with Gasteiger partial charge in [0, 0.05) is 0 Å². The summed E-state index contributed by atoms with van der Waals surface area (Å²) in [5.74, 6) is 0. The van der Waals surface area contributed by atoms with Crippen molar-refractivity contribution in [2.45, 2.75) is 64.8 Å². The molecule has 0 amide bonds. The molecule has 0 saturated carbocycles. The fraction of sp³-hybridized carbons (Fsp3) is 0.684. The van der Waals surface area contributed by atoms with E-state index in [1.54, 1.807) is 30.3 Å². The van der Waals surface area contributed by atoms with E-state index in [1.165, 1.54) is 0 Å². The first-order valence-electron chi connectivity index (χ1n) is 9.66. The average molecular weight is 428 g/mol. The molecule has 0 spiro atoms. The maximum atomic E-state index is 13.3. The van der Waals surface area contributed by atoms with Crippen molar-refractivity contribution < 1.29 is 25.6 Å². The van der Waals surface area contributed by atoms with Gasteiger partial charge in [-0.2, -0.15) is 0 Å². The zero-order chi connectivity index (χ0) is 20.6. The molecular weight excluding hydrogens is 396 g/mol. The molecular formula is C19H32F3O3PS. The molecule has 158 valence electrons. The van der Waals surface area contributed by atoms with Crippen molar-refractivity contribution in [3.8, 4) is 0 Å². The predicted octanol–water partition coefficient (Wildman–Crippen LogP) is 6.05. The first kappa shape index (κ1) is 24.4. The van der Waals surface area contributed by atoms with E-state index in [4.69, 9.17) is 3.97 Å². The van der Waals surface area contributed by atoms with E-state index >= 15 is 0 Å². The quantitative estimate of drug-likeness (QED) is 0.301. The Bertz CT molecular complexity index is 651. The molecule has 0 aliphatic carbocycles. The Balaban J connectivity index is 3.74. The van der Waals surface area contributed by atoms with Gasteiger partial charge in [-0.15, -0.1) is 0 Å². The molecule has 0 bridgehead atoms. The van der Waals surface area contributed by atoms with Gasteiger partial charge in [0.2, 0.25) is 0 Å². The van der Waals surface area contributed by atoms with Gasteiger partial charge >= 0.3 is 161 Å². The van der Waals surface area contributed by atoms with Crippen LogP contribution in [0.1, 0.15) is 59.3 Å². The second kappa shape index (κ2) is 9.71. The third kappa shape index (κ3) is 5.68. The van der Waals surface area contributed by atoms with Crippen LogP contribution in [0.4, 0.5) is 13.2 Å². The minimum absolute atomic E-state index is 0.363. The molecule has 0 aliphatic heterocycles. The molecule has 1 aromatic carbocycles. The van der Waals surface area contributed by atoms with Crippen molar-refractivity contribution in [3.63, 3.8) is 0 Å². The molecule has 27 heavy (non-hydrogen) atoms. The van der Waals surface area contributed by atoms with Gasteiger partial charge in [0.25, 0.3) is 0 Å². The Kier molecular flexibility index (Phi) is 8.77. The van der Waals surface area contributed by atoms with Gasteiger partial charge in [-0.25, -0.2) is 0 Å². The van der Waals surface area contributed by atoms with E-state index in [9.17, 15) is 21.6 Å². The molecule has 1 aromatic rings. The summed E-state index contributed by atoms with van der Waals surface area (Å²) in [7, 11) is -5.70. The van der Waals surface area contributed by atoms with Crippen molar-refractivity contribution in [2.75, 3.05) is 18.5 Å². The molecule has 3 nitrogen and oxygen atoms in total. The summed E-state index contributed by atoms with van der Waals surface area (Å²) in [5, 5.41) is 0.645. The molecule has 0 atom stereocenters. The van der Waals surface area contributed by atoms with Crippen LogP contribution in [-0.2, 0) is 14.1 Å². The summed E-state index contributed by atoms with van der Waals surface area (Å²) < 4.78 is 69.9. The molecule has 8 heteroatoms. The van der Waals surface area contributed by atoms with Crippen molar-refractivity contribution in [1.29, 1.82) is 0 Å². The third-order valence-corrected chi connectivity index (χ3v) is 13.7. The number of benzene rings is 1. The minimum atomic E-state index is -5.70. The fourth-order valence-corrected chi connectivity index (χ4v) is 12.7. The fourth-order valence-electron chi connectivity index (χ4n) is 3.56. The van der Waals surface area contributed by atoms with E-state index in [2.05, 4.69) is 0 Å². The van der Waals surface area contributed by atoms with E-state index < -0.39 is 22.5 Å². The van der Waals surface area contributed by atoms with Crippen LogP contribution in [0.25, 0.3) is 0 Å². The van der Waals surface area contributed by atoms with Gasteiger partial charge in [-0.1, -0.05) is 0 Å². The van der Waals surface area contributed by atoms with Crippen LogP contribution in [0.15, 0.2) is 30.3 Å². The van der Waals surface area contributed by atoms with Gasteiger partial charge < -0.3 is 0 Å². The van der Waals surface area contributed by atoms with Crippen molar-refractivity contribution in [1.82, 2.24) is 0 Å². The van der Waals surface area contributed by atoms with Crippen LogP contribution in [0.5, 0.6) is 0 Å². The zero-order valence-electron chi connectivity index (χ0n) is 16.5. The van der Waals surface area contributed by atoms with Gasteiger partial charge in [0.1, 0.15) is 0 Å². The monoisotopic (exact) mass is 428 g/mol. The Labute approximate surface area is 161 Å². The van der Waals surface area contributed by atoms with Crippen LogP contribution in [0.3, 0.4) is 0 Å². The molecule has 1 rings (SSSR count). The van der Waals surface area contributed by atoms with Crippen LogP contribution >= 0.6 is 6.83 Å². The van der Waals surface area contributed by atoms with E-state index in [0.717, 1.165) is 19.3 Å². The summed E-state index contributed by atoms with van der Waals surface area (Å²) in [4.78, 5) is 0. The normalized spacial score (nSPS) is 14.7. The molecule has 0 aromatic heterocycles. The Morgan fingerprint density at radius 1 is 0.852 bits per heavy atom. The van der Waals surface area contributed by atoms with Gasteiger partial charge in [-0.3, -0.25) is 0 Å². The van der Waals surface area contributed by atoms with E-state index in [-0.39, 0.29) is 0 Å². The van der Waals surface area contributed by atoms with Gasteiger partial charge in [0.05, 0.1) is 0 Å². The van der Waals surface area contributed by atoms with Crippen LogP contribution in [0.2, 0.25) is 0 Å². The van der Waals surface area contributed by atoms with Crippen LogP contribution in [-0.4, -0.2) is 32.4 Å². The van der Waals surface area contributed by atoms with Crippen molar-refractivity contribution in [3.05, 3.63) is 30.3 Å². The Hall–Kier alpha value is -0.650. The average Bonchev–Trinajstić information content (AvgIpc) is 2.63. The summed E-state index contributed by atoms with van der Waals surface area (Å²) in [6.45, 7) is 2.01. The SMILES string of the molecule is CCCCP(CCCC)(CCCC)(OS(=O)(=O)C(F)(F)F)c1ccccc1. The van der Waals surface area contributed by atoms with Crippen LogP contribution in [0, 0.1) is 0 Å². The molecule has 0 heterocycles. The predicted molar refractivity (Wildman–Crippen MR) is 108 cm³/mol. The standard InChI is InChI=1S/C19H32F3O3PS/c1-4-7-15-26(16-8-5-2,17-9-6-3,18-13-11-10-12-14-18)25-27(23,24)19(20,21)22/h10-14H,4-9,15-17H2,1-3H3. The number of alkyl halides is 3. The second-order valence-electron chi connectivity index (χ2n) is 7.17. The Morgan fingerprint density at radius 3 is 1.59 bits per heavy atom. The molecule has 0 N–H and O–H groups in total. The summed E-state index contributed by atoms with van der Waals surface area (Å²) >= 11 is 0.